The smallest absolute Gasteiger partial charge is 0.243 e. The number of nitrogens with zero attached hydrogens (tertiary/aromatic N) is 1. The van der Waals surface area contributed by atoms with Gasteiger partial charge < -0.3 is 16.0 Å². The van der Waals surface area contributed by atoms with Crippen molar-refractivity contribution in [2.24, 2.45) is 4.99 Å². The topological polar surface area (TPSA) is 65.5 Å². The fraction of sp³-hybridized carbons (Fsp3) is 0.300. The van der Waals surface area contributed by atoms with Crippen LogP contribution >= 0.6 is 24.0 Å². The van der Waals surface area contributed by atoms with Crippen molar-refractivity contribution in [1.82, 2.24) is 10.6 Å². The lowest BCUT2D eigenvalue weighted by atomic mass is 9.99. The van der Waals surface area contributed by atoms with Crippen LogP contribution < -0.4 is 16.0 Å². The van der Waals surface area contributed by atoms with E-state index in [4.69, 9.17) is 0 Å². The summed E-state index contributed by atoms with van der Waals surface area (Å²) in [6.45, 7) is 4.45. The molecule has 0 aliphatic heterocycles. The second-order valence-electron chi connectivity index (χ2n) is 6.39. The lowest BCUT2D eigenvalue weighted by Crippen LogP contribution is -2.42. The number of amides is 1. The highest BCUT2D eigenvalue weighted by Crippen LogP contribution is 2.19. The van der Waals surface area contributed by atoms with E-state index in [2.05, 4.69) is 33.9 Å². The minimum Gasteiger partial charge on any atom is -0.356 e. The number of hydrogen-bond acceptors (Lipinski definition) is 2. The van der Waals surface area contributed by atoms with Crippen LogP contribution in [0, 0.1) is 24.4 Å². The highest BCUT2D eigenvalue weighted by Gasteiger charge is 2.15. The second-order valence-corrected chi connectivity index (χ2v) is 6.39. The molecule has 1 atom stereocenters. The van der Waals surface area contributed by atoms with Crippen molar-refractivity contribution in [1.29, 1.82) is 0 Å². The van der Waals surface area contributed by atoms with Crippen molar-refractivity contribution < 1.29 is 18.0 Å². The van der Waals surface area contributed by atoms with Crippen LogP contribution in [0.5, 0.6) is 0 Å². The molecule has 1 amide bonds. The SMILES string of the molecule is CN=C(NCC(=O)Nc1ccc(F)c(F)c1F)NCC(C)c1cccc(C)c1.I. The maximum atomic E-state index is 13.6. The minimum absolute atomic E-state index is 0. The van der Waals surface area contributed by atoms with Crippen LogP contribution in [-0.2, 0) is 4.79 Å². The molecule has 0 aliphatic carbocycles. The van der Waals surface area contributed by atoms with Gasteiger partial charge in [-0.1, -0.05) is 36.8 Å². The van der Waals surface area contributed by atoms with Gasteiger partial charge in [0.15, 0.2) is 23.4 Å². The Bertz CT molecular complexity index is 877. The number of anilines is 1. The van der Waals surface area contributed by atoms with E-state index < -0.39 is 29.0 Å². The molecule has 29 heavy (non-hydrogen) atoms. The van der Waals surface area contributed by atoms with E-state index in [1.807, 2.05) is 25.1 Å². The molecule has 2 aromatic rings. The van der Waals surface area contributed by atoms with E-state index in [-0.39, 0.29) is 36.4 Å². The van der Waals surface area contributed by atoms with Crippen LogP contribution in [0.2, 0.25) is 0 Å². The average molecular weight is 520 g/mol. The average Bonchev–Trinajstić information content (AvgIpc) is 2.68. The molecule has 1 unspecified atom stereocenters. The molecule has 0 aliphatic rings. The number of nitrogens with one attached hydrogen (secondary N) is 3. The summed E-state index contributed by atoms with van der Waals surface area (Å²) in [6.07, 6.45) is 0. The normalized spacial score (nSPS) is 12.0. The molecule has 0 radical (unpaired) electrons. The number of benzene rings is 2. The fourth-order valence-electron chi connectivity index (χ4n) is 2.55. The summed E-state index contributed by atoms with van der Waals surface area (Å²) in [4.78, 5) is 16.0. The molecule has 2 aromatic carbocycles. The maximum Gasteiger partial charge on any atom is 0.243 e. The third-order valence-corrected chi connectivity index (χ3v) is 4.14. The minimum atomic E-state index is -1.63. The molecule has 0 spiro atoms. The van der Waals surface area contributed by atoms with Gasteiger partial charge in [0.25, 0.3) is 0 Å². The molecule has 158 valence electrons. The van der Waals surface area contributed by atoms with E-state index in [1.54, 1.807) is 7.05 Å². The first-order valence-electron chi connectivity index (χ1n) is 8.76. The van der Waals surface area contributed by atoms with Crippen molar-refractivity contribution in [3.63, 3.8) is 0 Å². The number of halogens is 4. The molecular weight excluding hydrogens is 496 g/mol. The van der Waals surface area contributed by atoms with Gasteiger partial charge in [-0.25, -0.2) is 13.2 Å². The first-order valence-corrected chi connectivity index (χ1v) is 8.76. The van der Waals surface area contributed by atoms with E-state index >= 15 is 0 Å². The molecule has 0 aromatic heterocycles. The number of guanidine groups is 1. The second kappa shape index (κ2) is 11.6. The fourth-order valence-corrected chi connectivity index (χ4v) is 2.55. The molecule has 2 rings (SSSR count). The summed E-state index contributed by atoms with van der Waals surface area (Å²) in [6, 6.07) is 9.87. The predicted octanol–water partition coefficient (Wildman–Crippen LogP) is 3.94. The number of aliphatic imine (C=N–C) groups is 1. The Labute approximate surface area is 185 Å². The van der Waals surface area contributed by atoms with Crippen LogP contribution in [-0.4, -0.2) is 32.0 Å². The standard InChI is InChI=1S/C20H23F3N4O.HI/c1-12-5-4-6-14(9-12)13(2)10-25-20(24-3)26-11-17(28)27-16-8-7-15(21)18(22)19(16)23;/h4-9,13H,10-11H2,1-3H3,(H,27,28)(H2,24,25,26);1H. The van der Waals surface area contributed by atoms with E-state index in [9.17, 15) is 18.0 Å². The largest absolute Gasteiger partial charge is 0.356 e. The van der Waals surface area contributed by atoms with E-state index in [1.165, 1.54) is 11.1 Å². The van der Waals surface area contributed by atoms with Gasteiger partial charge in [0, 0.05) is 13.6 Å². The molecule has 3 N–H and O–H groups in total. The Kier molecular flexibility index (Phi) is 9.93. The number of carbonyl (C=O) groups is 1. The molecular formula is C20H24F3IN4O. The van der Waals surface area contributed by atoms with Crippen molar-refractivity contribution in [3.05, 3.63) is 65.0 Å². The highest BCUT2D eigenvalue weighted by atomic mass is 127. The maximum absolute atomic E-state index is 13.6. The van der Waals surface area contributed by atoms with Gasteiger partial charge in [-0.15, -0.1) is 24.0 Å². The summed E-state index contributed by atoms with van der Waals surface area (Å²) in [5.74, 6) is -4.42. The van der Waals surface area contributed by atoms with Crippen molar-refractivity contribution in [2.45, 2.75) is 19.8 Å². The van der Waals surface area contributed by atoms with Crippen molar-refractivity contribution in [2.75, 3.05) is 25.5 Å². The van der Waals surface area contributed by atoms with Crippen LogP contribution in [0.1, 0.15) is 24.0 Å². The summed E-state index contributed by atoms with van der Waals surface area (Å²) in [5, 5.41) is 8.09. The van der Waals surface area contributed by atoms with Gasteiger partial charge in [-0.05, 0) is 30.5 Å². The van der Waals surface area contributed by atoms with Gasteiger partial charge in [0.1, 0.15) is 0 Å². The molecule has 0 heterocycles. The Morgan fingerprint density at radius 3 is 2.48 bits per heavy atom. The summed E-state index contributed by atoms with van der Waals surface area (Å²) in [5.41, 5.74) is 1.92. The van der Waals surface area contributed by atoms with Gasteiger partial charge >= 0.3 is 0 Å². The lowest BCUT2D eigenvalue weighted by molar-refractivity contribution is -0.115. The monoisotopic (exact) mass is 520 g/mol. The van der Waals surface area contributed by atoms with Gasteiger partial charge in [0.05, 0.1) is 12.2 Å². The van der Waals surface area contributed by atoms with Crippen LogP contribution in [0.25, 0.3) is 0 Å². The predicted molar refractivity (Wildman–Crippen MR) is 119 cm³/mol. The molecule has 5 nitrogen and oxygen atoms in total. The number of hydrogen-bond donors (Lipinski definition) is 3. The van der Waals surface area contributed by atoms with E-state index in [0.717, 1.165) is 12.1 Å². The molecule has 0 fully saturated rings. The molecule has 9 heteroatoms. The van der Waals surface area contributed by atoms with Crippen LogP contribution in [0.15, 0.2) is 41.4 Å². The first kappa shape index (κ1) is 24.7. The van der Waals surface area contributed by atoms with Gasteiger partial charge in [-0.3, -0.25) is 9.79 Å². The Morgan fingerprint density at radius 1 is 1.10 bits per heavy atom. The van der Waals surface area contributed by atoms with Gasteiger partial charge in [0.2, 0.25) is 5.91 Å². The van der Waals surface area contributed by atoms with Gasteiger partial charge in [-0.2, -0.15) is 0 Å². The number of aryl methyl sites for hydroxylation is 1. The molecule has 0 saturated carbocycles. The zero-order valence-corrected chi connectivity index (χ0v) is 18.7. The lowest BCUT2D eigenvalue weighted by Gasteiger charge is -2.17. The molecule has 0 saturated heterocycles. The van der Waals surface area contributed by atoms with Crippen molar-refractivity contribution in [3.8, 4) is 0 Å². The van der Waals surface area contributed by atoms with E-state index in [0.29, 0.717) is 12.5 Å². The quantitative estimate of drug-likeness (QED) is 0.234. The Hall–Kier alpha value is -2.30. The van der Waals surface area contributed by atoms with Crippen LogP contribution in [0.4, 0.5) is 18.9 Å². The third-order valence-electron chi connectivity index (χ3n) is 4.14. The van der Waals surface area contributed by atoms with Crippen LogP contribution in [0.3, 0.4) is 0 Å². The number of rotatable bonds is 6. The summed E-state index contributed by atoms with van der Waals surface area (Å²) < 4.78 is 39.7. The van der Waals surface area contributed by atoms with Crippen molar-refractivity contribution >= 4 is 41.5 Å². The number of carbonyl (C=O) groups excluding carboxylic acids is 1. The Morgan fingerprint density at radius 2 is 1.83 bits per heavy atom. The summed E-state index contributed by atoms with van der Waals surface area (Å²) in [7, 11) is 1.56. The summed E-state index contributed by atoms with van der Waals surface area (Å²) >= 11 is 0. The zero-order chi connectivity index (χ0) is 20.7. The third kappa shape index (κ3) is 7.22. The first-order chi connectivity index (χ1) is 13.3. The Balaban J connectivity index is 0.00000420. The molecule has 0 bridgehead atoms. The zero-order valence-electron chi connectivity index (χ0n) is 16.4. The highest BCUT2D eigenvalue weighted by molar-refractivity contribution is 14.0.